The highest BCUT2D eigenvalue weighted by atomic mass is 16.6. The highest BCUT2D eigenvalue weighted by Gasteiger charge is 2.38. The minimum atomic E-state index is -0.733. The predicted molar refractivity (Wildman–Crippen MR) is 125 cm³/mol. The van der Waals surface area contributed by atoms with Gasteiger partial charge in [-0.3, -0.25) is 4.79 Å². The van der Waals surface area contributed by atoms with Crippen molar-refractivity contribution >= 4 is 23.5 Å². The topological polar surface area (TPSA) is 103 Å². The van der Waals surface area contributed by atoms with Crippen molar-refractivity contribution in [1.82, 2.24) is 5.32 Å². The quantitative estimate of drug-likeness (QED) is 0.430. The zero-order valence-electron chi connectivity index (χ0n) is 20.4. The van der Waals surface area contributed by atoms with Gasteiger partial charge < -0.3 is 24.8 Å². The number of amides is 1. The molecule has 8 nitrogen and oxygen atoms in total. The van der Waals surface area contributed by atoms with Crippen molar-refractivity contribution in [1.29, 1.82) is 0 Å². The standard InChI is InChI=1S/C25H34N2O6/c1-14(2)23(28)27-19-10-8-9-18(13-19)22-20(24(29)32-12-11-31-7)16(5)26-17(6)21(22)25(30)33-15(3)4/h8-10,13-15,22,26H,11-12H2,1-7H3,(H,27,28). The summed E-state index contributed by atoms with van der Waals surface area (Å²) in [5.41, 5.74) is 3.03. The molecule has 0 spiro atoms. The second kappa shape index (κ2) is 11.7. The first-order valence-electron chi connectivity index (χ1n) is 11.0. The van der Waals surface area contributed by atoms with Crippen LogP contribution in [0.5, 0.6) is 0 Å². The summed E-state index contributed by atoms with van der Waals surface area (Å²) in [6.45, 7) is 11.0. The van der Waals surface area contributed by atoms with Crippen molar-refractivity contribution in [3.8, 4) is 0 Å². The van der Waals surface area contributed by atoms with E-state index in [1.165, 1.54) is 7.11 Å². The normalized spacial score (nSPS) is 16.1. The van der Waals surface area contributed by atoms with E-state index in [-0.39, 0.29) is 31.1 Å². The Morgan fingerprint density at radius 3 is 2.21 bits per heavy atom. The smallest absolute Gasteiger partial charge is 0.337 e. The first-order chi connectivity index (χ1) is 15.6. The molecule has 180 valence electrons. The number of nitrogens with one attached hydrogen (secondary N) is 2. The highest BCUT2D eigenvalue weighted by molar-refractivity contribution is 6.00. The van der Waals surface area contributed by atoms with Crippen molar-refractivity contribution in [2.75, 3.05) is 25.6 Å². The van der Waals surface area contributed by atoms with Gasteiger partial charge in [0.15, 0.2) is 0 Å². The van der Waals surface area contributed by atoms with E-state index < -0.39 is 17.9 Å². The van der Waals surface area contributed by atoms with Crippen LogP contribution in [0.3, 0.4) is 0 Å². The minimum absolute atomic E-state index is 0.0811. The summed E-state index contributed by atoms with van der Waals surface area (Å²) >= 11 is 0. The molecule has 1 aromatic carbocycles. The number of ether oxygens (including phenoxy) is 3. The lowest BCUT2D eigenvalue weighted by atomic mass is 9.80. The Morgan fingerprint density at radius 2 is 1.64 bits per heavy atom. The fourth-order valence-electron chi connectivity index (χ4n) is 3.52. The van der Waals surface area contributed by atoms with E-state index in [2.05, 4.69) is 10.6 Å². The Morgan fingerprint density at radius 1 is 1.00 bits per heavy atom. The molecule has 0 saturated heterocycles. The fourth-order valence-corrected chi connectivity index (χ4v) is 3.52. The molecule has 1 heterocycles. The van der Waals surface area contributed by atoms with Crippen LogP contribution >= 0.6 is 0 Å². The largest absolute Gasteiger partial charge is 0.460 e. The number of hydrogen-bond acceptors (Lipinski definition) is 7. The van der Waals surface area contributed by atoms with E-state index in [4.69, 9.17) is 14.2 Å². The average molecular weight is 459 g/mol. The molecule has 2 rings (SSSR count). The van der Waals surface area contributed by atoms with Gasteiger partial charge in [-0.25, -0.2) is 9.59 Å². The molecule has 0 radical (unpaired) electrons. The number of dihydropyridines is 1. The predicted octanol–water partition coefficient (Wildman–Crippen LogP) is 3.66. The Kier molecular flexibility index (Phi) is 9.22. The molecule has 2 N–H and O–H groups in total. The number of benzene rings is 1. The number of hydrogen-bond donors (Lipinski definition) is 2. The van der Waals surface area contributed by atoms with Gasteiger partial charge in [0, 0.05) is 30.1 Å². The molecular weight excluding hydrogens is 424 g/mol. The van der Waals surface area contributed by atoms with Crippen LogP contribution in [0.4, 0.5) is 5.69 Å². The molecule has 0 aromatic heterocycles. The maximum atomic E-state index is 13.1. The molecular formula is C25H34N2O6. The monoisotopic (exact) mass is 458 g/mol. The molecule has 1 atom stereocenters. The lowest BCUT2D eigenvalue weighted by molar-refractivity contribution is -0.143. The third-order valence-electron chi connectivity index (χ3n) is 5.08. The van der Waals surface area contributed by atoms with E-state index in [0.717, 1.165) is 0 Å². The van der Waals surface area contributed by atoms with Crippen LogP contribution in [0.15, 0.2) is 46.8 Å². The molecule has 1 aliphatic heterocycles. The van der Waals surface area contributed by atoms with Gasteiger partial charge in [0.2, 0.25) is 5.91 Å². The van der Waals surface area contributed by atoms with Crippen molar-refractivity contribution in [3.05, 3.63) is 52.4 Å². The number of allylic oxidation sites excluding steroid dienone is 2. The van der Waals surface area contributed by atoms with Gasteiger partial charge in [0.1, 0.15) is 6.61 Å². The molecule has 1 aromatic rings. The van der Waals surface area contributed by atoms with E-state index >= 15 is 0 Å². The van der Waals surface area contributed by atoms with Crippen LogP contribution in [-0.4, -0.2) is 44.3 Å². The molecule has 1 unspecified atom stereocenters. The lowest BCUT2D eigenvalue weighted by Gasteiger charge is -2.31. The summed E-state index contributed by atoms with van der Waals surface area (Å²) < 4.78 is 15.9. The average Bonchev–Trinajstić information content (AvgIpc) is 2.72. The molecule has 33 heavy (non-hydrogen) atoms. The third-order valence-corrected chi connectivity index (χ3v) is 5.08. The maximum Gasteiger partial charge on any atom is 0.337 e. The highest BCUT2D eigenvalue weighted by Crippen LogP contribution is 2.40. The summed E-state index contributed by atoms with van der Waals surface area (Å²) in [5.74, 6) is -2.13. The SMILES string of the molecule is COCCOC(=O)C1=C(C)NC(C)=C(C(=O)OC(C)C)C1c1cccc(NC(=O)C(C)C)c1. The third kappa shape index (κ3) is 6.68. The molecule has 1 aliphatic rings. The van der Waals surface area contributed by atoms with Crippen molar-refractivity contribution in [2.45, 2.75) is 53.6 Å². The number of anilines is 1. The summed E-state index contributed by atoms with van der Waals surface area (Å²) in [5, 5.41) is 5.99. The molecule has 1 amide bonds. The first kappa shape index (κ1) is 26.1. The maximum absolute atomic E-state index is 13.1. The van der Waals surface area contributed by atoms with Crippen molar-refractivity contribution in [2.24, 2.45) is 5.92 Å². The number of carbonyl (C=O) groups is 3. The van der Waals surface area contributed by atoms with E-state index in [1.54, 1.807) is 59.7 Å². The van der Waals surface area contributed by atoms with E-state index in [9.17, 15) is 14.4 Å². The van der Waals surface area contributed by atoms with Gasteiger partial charge in [-0.05, 0) is 45.4 Å². The Labute approximate surface area is 195 Å². The number of carbonyl (C=O) groups excluding carboxylic acids is 3. The first-order valence-corrected chi connectivity index (χ1v) is 11.0. The lowest BCUT2D eigenvalue weighted by Crippen LogP contribution is -2.33. The molecule has 0 bridgehead atoms. The zero-order chi connectivity index (χ0) is 24.7. The number of rotatable bonds is 9. The minimum Gasteiger partial charge on any atom is -0.460 e. The van der Waals surface area contributed by atoms with Gasteiger partial charge in [-0.1, -0.05) is 26.0 Å². The second-order valence-corrected chi connectivity index (χ2v) is 8.49. The van der Waals surface area contributed by atoms with Crippen LogP contribution in [-0.2, 0) is 28.6 Å². The summed E-state index contributed by atoms with van der Waals surface area (Å²) in [7, 11) is 1.52. The number of methoxy groups -OCH3 is 1. The van der Waals surface area contributed by atoms with Crippen molar-refractivity contribution < 1.29 is 28.6 Å². The van der Waals surface area contributed by atoms with Crippen LogP contribution in [0.25, 0.3) is 0 Å². The summed E-state index contributed by atoms with van der Waals surface area (Å²) in [6, 6.07) is 7.12. The zero-order valence-corrected chi connectivity index (χ0v) is 20.4. The summed E-state index contributed by atoms with van der Waals surface area (Å²) in [4.78, 5) is 38.4. The Hall–Kier alpha value is -3.13. The second-order valence-electron chi connectivity index (χ2n) is 8.49. The van der Waals surface area contributed by atoms with Gasteiger partial charge in [0.05, 0.1) is 29.8 Å². The van der Waals surface area contributed by atoms with E-state index in [0.29, 0.717) is 33.8 Å². The summed E-state index contributed by atoms with van der Waals surface area (Å²) in [6.07, 6.45) is -0.334. The van der Waals surface area contributed by atoms with Crippen LogP contribution in [0.2, 0.25) is 0 Å². The fraction of sp³-hybridized carbons (Fsp3) is 0.480. The van der Waals surface area contributed by atoms with Crippen LogP contribution in [0.1, 0.15) is 53.0 Å². The van der Waals surface area contributed by atoms with Gasteiger partial charge in [0.25, 0.3) is 0 Å². The van der Waals surface area contributed by atoms with Crippen LogP contribution in [0, 0.1) is 5.92 Å². The van der Waals surface area contributed by atoms with E-state index in [1.807, 2.05) is 6.07 Å². The molecule has 0 aliphatic carbocycles. The molecule has 0 saturated carbocycles. The molecule has 8 heteroatoms. The van der Waals surface area contributed by atoms with Crippen molar-refractivity contribution in [3.63, 3.8) is 0 Å². The van der Waals surface area contributed by atoms with Crippen LogP contribution < -0.4 is 10.6 Å². The Balaban J connectivity index is 2.57. The van der Waals surface area contributed by atoms with Gasteiger partial charge in [-0.15, -0.1) is 0 Å². The molecule has 0 fully saturated rings. The van der Waals surface area contributed by atoms with Gasteiger partial charge in [-0.2, -0.15) is 0 Å². The number of esters is 2. The van der Waals surface area contributed by atoms with Gasteiger partial charge >= 0.3 is 11.9 Å². The Bertz CT molecular complexity index is 961.